The van der Waals surface area contributed by atoms with Gasteiger partial charge in [0.25, 0.3) is 0 Å². The molecule has 6 heteroatoms. The van der Waals surface area contributed by atoms with Gasteiger partial charge in [0.1, 0.15) is 17.0 Å². The standard InChI is InChI=1S/C15H13BrN2O2S/c1-19-12-7-6-9(8-10(12)16)18-11-4-3-5-13(20-2)14(11)17-15(18)21/h3-8H,1-2H3,(H,17,21). The number of fused-ring (bicyclic) bond motifs is 1. The van der Waals surface area contributed by atoms with Crippen LogP contribution in [-0.2, 0) is 0 Å². The molecule has 0 saturated heterocycles. The first-order valence-corrected chi connectivity index (χ1v) is 7.47. The number of para-hydroxylation sites is 1. The van der Waals surface area contributed by atoms with Crippen LogP contribution in [0.2, 0.25) is 0 Å². The Hall–Kier alpha value is -1.79. The maximum Gasteiger partial charge on any atom is 0.182 e. The van der Waals surface area contributed by atoms with Gasteiger partial charge in [-0.1, -0.05) is 6.07 Å². The van der Waals surface area contributed by atoms with E-state index >= 15 is 0 Å². The number of methoxy groups -OCH3 is 2. The number of ether oxygens (including phenoxy) is 2. The molecule has 0 bridgehead atoms. The van der Waals surface area contributed by atoms with Gasteiger partial charge in [-0.05, 0) is 58.5 Å². The smallest absolute Gasteiger partial charge is 0.182 e. The van der Waals surface area contributed by atoms with Crippen LogP contribution in [0.3, 0.4) is 0 Å². The summed E-state index contributed by atoms with van der Waals surface area (Å²) in [6, 6.07) is 11.7. The lowest BCUT2D eigenvalue weighted by molar-refractivity contribution is 0.412. The summed E-state index contributed by atoms with van der Waals surface area (Å²) in [5.41, 5.74) is 2.81. The lowest BCUT2D eigenvalue weighted by atomic mass is 10.2. The summed E-state index contributed by atoms with van der Waals surface area (Å²) in [4.78, 5) is 3.20. The van der Waals surface area contributed by atoms with Crippen LogP contribution in [0, 0.1) is 4.77 Å². The largest absolute Gasteiger partial charge is 0.496 e. The average Bonchev–Trinajstić information content (AvgIpc) is 2.82. The van der Waals surface area contributed by atoms with Crippen LogP contribution in [0.5, 0.6) is 11.5 Å². The van der Waals surface area contributed by atoms with Gasteiger partial charge < -0.3 is 14.5 Å². The molecule has 3 rings (SSSR count). The van der Waals surface area contributed by atoms with Crippen molar-refractivity contribution in [1.82, 2.24) is 9.55 Å². The van der Waals surface area contributed by atoms with Crippen molar-refractivity contribution in [3.8, 4) is 17.2 Å². The number of nitrogens with zero attached hydrogens (tertiary/aromatic N) is 1. The number of aromatic amines is 1. The lowest BCUT2D eigenvalue weighted by Gasteiger charge is -2.08. The zero-order valence-corrected chi connectivity index (χ0v) is 13.9. The molecule has 1 N–H and O–H groups in total. The van der Waals surface area contributed by atoms with Crippen LogP contribution >= 0.6 is 28.1 Å². The third-order valence-electron chi connectivity index (χ3n) is 3.29. The van der Waals surface area contributed by atoms with E-state index in [0.717, 1.165) is 32.7 Å². The van der Waals surface area contributed by atoms with E-state index in [1.54, 1.807) is 14.2 Å². The van der Waals surface area contributed by atoms with E-state index in [1.807, 2.05) is 41.0 Å². The van der Waals surface area contributed by atoms with Crippen LogP contribution < -0.4 is 9.47 Å². The van der Waals surface area contributed by atoms with Crippen molar-refractivity contribution in [2.45, 2.75) is 0 Å². The SMILES string of the molecule is COc1ccc(-n2c(=S)[nH]c3c(OC)cccc32)cc1Br. The molecule has 0 aliphatic carbocycles. The Bertz CT molecular complexity index is 870. The first-order valence-electron chi connectivity index (χ1n) is 6.27. The molecular weight excluding hydrogens is 352 g/mol. The summed E-state index contributed by atoms with van der Waals surface area (Å²) in [6.07, 6.45) is 0. The Morgan fingerprint density at radius 1 is 1.10 bits per heavy atom. The first kappa shape index (κ1) is 14.2. The second-order valence-electron chi connectivity index (χ2n) is 4.44. The highest BCUT2D eigenvalue weighted by Crippen LogP contribution is 2.31. The Balaban J connectivity index is 2.28. The van der Waals surface area contributed by atoms with E-state index in [4.69, 9.17) is 21.7 Å². The van der Waals surface area contributed by atoms with E-state index in [0.29, 0.717) is 4.77 Å². The molecule has 108 valence electrons. The van der Waals surface area contributed by atoms with Crippen LogP contribution in [0.25, 0.3) is 16.7 Å². The molecule has 1 aromatic heterocycles. The first-order chi connectivity index (χ1) is 10.2. The van der Waals surface area contributed by atoms with Gasteiger partial charge in [0, 0.05) is 5.69 Å². The van der Waals surface area contributed by atoms with Gasteiger partial charge in [-0.15, -0.1) is 0 Å². The lowest BCUT2D eigenvalue weighted by Crippen LogP contribution is -1.95. The molecule has 3 aromatic rings. The highest BCUT2D eigenvalue weighted by molar-refractivity contribution is 9.10. The third kappa shape index (κ3) is 2.34. The summed E-state index contributed by atoms with van der Waals surface area (Å²) in [5, 5.41) is 0. The van der Waals surface area contributed by atoms with Gasteiger partial charge in [-0.25, -0.2) is 0 Å². The van der Waals surface area contributed by atoms with Crippen LogP contribution in [-0.4, -0.2) is 23.8 Å². The highest BCUT2D eigenvalue weighted by atomic mass is 79.9. The van der Waals surface area contributed by atoms with Gasteiger partial charge in [0.05, 0.1) is 24.2 Å². The van der Waals surface area contributed by atoms with Gasteiger partial charge in [-0.2, -0.15) is 0 Å². The molecule has 0 unspecified atom stereocenters. The molecule has 0 atom stereocenters. The number of nitrogens with one attached hydrogen (secondary N) is 1. The van der Waals surface area contributed by atoms with E-state index in [9.17, 15) is 0 Å². The van der Waals surface area contributed by atoms with Gasteiger partial charge in [0.15, 0.2) is 4.77 Å². The number of aromatic nitrogens is 2. The van der Waals surface area contributed by atoms with Gasteiger partial charge in [-0.3, -0.25) is 4.57 Å². The monoisotopic (exact) mass is 364 g/mol. The third-order valence-corrected chi connectivity index (χ3v) is 4.20. The Morgan fingerprint density at radius 2 is 1.86 bits per heavy atom. The van der Waals surface area contributed by atoms with Crippen molar-refractivity contribution in [3.63, 3.8) is 0 Å². The van der Waals surface area contributed by atoms with Gasteiger partial charge >= 0.3 is 0 Å². The minimum absolute atomic E-state index is 0.617. The second-order valence-corrected chi connectivity index (χ2v) is 5.68. The quantitative estimate of drug-likeness (QED) is 0.697. The fourth-order valence-corrected chi connectivity index (χ4v) is 3.16. The zero-order chi connectivity index (χ0) is 15.0. The molecule has 0 saturated carbocycles. The number of rotatable bonds is 3. The van der Waals surface area contributed by atoms with Crippen molar-refractivity contribution in [3.05, 3.63) is 45.6 Å². The molecule has 0 radical (unpaired) electrons. The minimum Gasteiger partial charge on any atom is -0.496 e. The number of hydrogen-bond donors (Lipinski definition) is 1. The fraction of sp³-hybridized carbons (Fsp3) is 0.133. The average molecular weight is 365 g/mol. The predicted molar refractivity (Wildman–Crippen MR) is 89.3 cm³/mol. The zero-order valence-electron chi connectivity index (χ0n) is 11.5. The fourth-order valence-electron chi connectivity index (χ4n) is 2.32. The van der Waals surface area contributed by atoms with Crippen LogP contribution in [0.15, 0.2) is 40.9 Å². The Labute approximate surface area is 135 Å². The predicted octanol–water partition coefficient (Wildman–Crippen LogP) is 4.47. The molecule has 21 heavy (non-hydrogen) atoms. The van der Waals surface area contributed by atoms with Crippen molar-refractivity contribution in [1.29, 1.82) is 0 Å². The Morgan fingerprint density at radius 3 is 2.52 bits per heavy atom. The minimum atomic E-state index is 0.617. The van der Waals surface area contributed by atoms with Crippen molar-refractivity contribution < 1.29 is 9.47 Å². The normalized spacial score (nSPS) is 10.8. The van der Waals surface area contributed by atoms with Crippen LogP contribution in [0.4, 0.5) is 0 Å². The van der Waals surface area contributed by atoms with E-state index in [-0.39, 0.29) is 0 Å². The molecule has 0 fully saturated rings. The molecule has 0 aliphatic heterocycles. The molecule has 2 aromatic carbocycles. The summed E-state index contributed by atoms with van der Waals surface area (Å²) in [6.45, 7) is 0. The summed E-state index contributed by atoms with van der Waals surface area (Å²) in [7, 11) is 3.29. The van der Waals surface area contributed by atoms with Gasteiger partial charge in [0.2, 0.25) is 0 Å². The summed E-state index contributed by atoms with van der Waals surface area (Å²) < 4.78 is 14.1. The van der Waals surface area contributed by atoms with Crippen molar-refractivity contribution in [2.75, 3.05) is 14.2 Å². The number of imidazole rings is 1. The molecule has 0 spiro atoms. The maximum absolute atomic E-state index is 5.45. The molecule has 1 heterocycles. The number of halogens is 1. The molecular formula is C15H13BrN2O2S. The molecule has 4 nitrogen and oxygen atoms in total. The second kappa shape index (κ2) is 5.54. The maximum atomic E-state index is 5.45. The Kier molecular flexibility index (Phi) is 3.73. The highest BCUT2D eigenvalue weighted by Gasteiger charge is 2.11. The molecule has 0 amide bonds. The van der Waals surface area contributed by atoms with E-state index in [2.05, 4.69) is 20.9 Å². The summed E-state index contributed by atoms with van der Waals surface area (Å²) in [5.74, 6) is 1.55. The number of benzene rings is 2. The van der Waals surface area contributed by atoms with Crippen molar-refractivity contribution >= 4 is 39.2 Å². The van der Waals surface area contributed by atoms with Crippen molar-refractivity contribution in [2.24, 2.45) is 0 Å². The number of hydrogen-bond acceptors (Lipinski definition) is 3. The topological polar surface area (TPSA) is 39.2 Å². The van der Waals surface area contributed by atoms with E-state index < -0.39 is 0 Å². The summed E-state index contributed by atoms with van der Waals surface area (Å²) >= 11 is 8.95. The molecule has 0 aliphatic rings. The number of H-pyrrole nitrogens is 1. The van der Waals surface area contributed by atoms with Crippen LogP contribution in [0.1, 0.15) is 0 Å². The van der Waals surface area contributed by atoms with E-state index in [1.165, 1.54) is 0 Å².